The molecule has 1 nitrogen and oxygen atoms in total. The van der Waals surface area contributed by atoms with Gasteiger partial charge in [0.25, 0.3) is 0 Å². The van der Waals surface area contributed by atoms with Crippen LogP contribution in [0.3, 0.4) is 0 Å². The Hall–Kier alpha value is -0.968. The van der Waals surface area contributed by atoms with Crippen LogP contribution in [0.4, 0.5) is 0 Å². The van der Waals surface area contributed by atoms with E-state index in [1.807, 2.05) is 37.3 Å². The average Bonchev–Trinajstić information content (AvgIpc) is 2.15. The van der Waals surface area contributed by atoms with Crippen molar-refractivity contribution in [2.24, 2.45) is 0 Å². The molecule has 0 radical (unpaired) electrons. The normalized spacial score (nSPS) is 9.67. The maximum absolute atomic E-state index is 11.2. The summed E-state index contributed by atoms with van der Waals surface area (Å²) in [6.07, 6.45) is 4.81. The van der Waals surface area contributed by atoms with Crippen LogP contribution in [0.15, 0.2) is 48.6 Å². The van der Waals surface area contributed by atoms with Crippen LogP contribution in [0.2, 0.25) is 0 Å². The molecule has 0 aliphatic carbocycles. The summed E-state index contributed by atoms with van der Waals surface area (Å²) in [4.78, 5) is 11.2. The van der Waals surface area contributed by atoms with Crippen molar-refractivity contribution in [2.75, 3.05) is 0 Å². The molecular weight excluding hydrogens is 279 g/mol. The van der Waals surface area contributed by atoms with Crippen molar-refractivity contribution < 1.29 is 25.2 Å². The van der Waals surface area contributed by atoms with E-state index in [1.54, 1.807) is 0 Å². The minimum atomic E-state index is 0. The largest absolute Gasteiger partial charge is 0.351 e. The van der Waals surface area contributed by atoms with E-state index < -0.39 is 0 Å². The van der Waals surface area contributed by atoms with Crippen LogP contribution in [-0.2, 0) is 25.2 Å². The van der Waals surface area contributed by atoms with Gasteiger partial charge in [0, 0.05) is 20.4 Å². The van der Waals surface area contributed by atoms with Gasteiger partial charge in [-0.25, -0.2) is 0 Å². The summed E-state index contributed by atoms with van der Waals surface area (Å²) in [5.41, 5.74) is 1.80. The molecule has 1 aromatic rings. The predicted octanol–water partition coefficient (Wildman–Crippen LogP) is 2.93. The van der Waals surface area contributed by atoms with E-state index in [0.29, 0.717) is 6.42 Å². The van der Waals surface area contributed by atoms with Gasteiger partial charge in [0.15, 0.2) is 0 Å². The second-order valence-corrected chi connectivity index (χ2v) is 3.25. The molecule has 0 atom stereocenters. The molecule has 0 heterocycles. The predicted molar refractivity (Wildman–Crippen MR) is 57.8 cm³/mol. The summed E-state index contributed by atoms with van der Waals surface area (Å²) >= 11 is 0. The zero-order valence-electron chi connectivity index (χ0n) is 8.60. The number of benzene rings is 1. The van der Waals surface area contributed by atoms with Crippen LogP contribution in [0.5, 0.6) is 0 Å². The van der Waals surface area contributed by atoms with E-state index in [0.717, 1.165) is 11.1 Å². The Morgan fingerprint density at radius 1 is 1.40 bits per heavy atom. The number of ketones is 1. The van der Waals surface area contributed by atoms with Crippen LogP contribution >= 0.6 is 0 Å². The summed E-state index contributed by atoms with van der Waals surface area (Å²) in [5, 5.41) is 0. The third-order valence-electron chi connectivity index (χ3n) is 1.65. The average molecular weight is 292 g/mol. The molecule has 0 spiro atoms. The van der Waals surface area contributed by atoms with E-state index in [4.69, 9.17) is 0 Å². The van der Waals surface area contributed by atoms with Crippen LogP contribution in [0.25, 0.3) is 0 Å². The SMILES string of the molecule is C=C(C)CC(=O)C=[C-]c1ccccc1.[Pd]. The Bertz CT molecular complexity index is 352. The van der Waals surface area contributed by atoms with Gasteiger partial charge in [0.1, 0.15) is 0 Å². The van der Waals surface area contributed by atoms with Gasteiger partial charge in [-0.2, -0.15) is 0 Å². The van der Waals surface area contributed by atoms with Gasteiger partial charge in [0.05, 0.1) is 5.78 Å². The minimum Gasteiger partial charge on any atom is -0.351 e. The molecule has 0 N–H and O–H groups in total. The molecule has 2 heteroatoms. The molecule has 0 amide bonds. The molecule has 0 saturated carbocycles. The summed E-state index contributed by atoms with van der Waals surface area (Å²) in [5.74, 6) is 0.0429. The van der Waals surface area contributed by atoms with E-state index in [-0.39, 0.29) is 26.2 Å². The summed E-state index contributed by atoms with van der Waals surface area (Å²) in [6, 6.07) is 9.58. The van der Waals surface area contributed by atoms with E-state index in [2.05, 4.69) is 12.7 Å². The van der Waals surface area contributed by atoms with Crippen molar-refractivity contribution in [3.8, 4) is 0 Å². The molecule has 0 unspecified atom stereocenters. The molecule has 15 heavy (non-hydrogen) atoms. The van der Waals surface area contributed by atoms with Gasteiger partial charge in [-0.3, -0.25) is 0 Å². The molecule has 0 aliphatic heterocycles. The first-order valence-electron chi connectivity index (χ1n) is 4.50. The smallest absolute Gasteiger partial charge is 0.0844 e. The first kappa shape index (κ1) is 14.0. The standard InChI is InChI=1S/C13H13O.Pd/c1-11(2)10-13(14)9-8-12-6-4-3-5-7-12;/h3-7,9H,1,10H2,2H3;/q-1;. The molecule has 0 fully saturated rings. The fourth-order valence-corrected chi connectivity index (χ4v) is 1.05. The van der Waals surface area contributed by atoms with Gasteiger partial charge < -0.3 is 4.79 Å². The summed E-state index contributed by atoms with van der Waals surface area (Å²) < 4.78 is 0. The molecule has 1 aromatic carbocycles. The Morgan fingerprint density at radius 2 is 2.00 bits per heavy atom. The van der Waals surface area contributed by atoms with E-state index in [9.17, 15) is 4.79 Å². The number of hydrogen-bond acceptors (Lipinski definition) is 1. The van der Waals surface area contributed by atoms with Crippen molar-refractivity contribution in [1.82, 2.24) is 0 Å². The first-order chi connectivity index (χ1) is 6.68. The van der Waals surface area contributed by atoms with Gasteiger partial charge in [-0.1, -0.05) is 11.6 Å². The van der Waals surface area contributed by atoms with Gasteiger partial charge in [-0.15, -0.1) is 48.6 Å². The third-order valence-corrected chi connectivity index (χ3v) is 1.65. The molecule has 0 saturated heterocycles. The summed E-state index contributed by atoms with van der Waals surface area (Å²) in [7, 11) is 0. The second kappa shape index (κ2) is 7.34. The molecule has 1 rings (SSSR count). The quantitative estimate of drug-likeness (QED) is 0.361. The number of carbonyl (C=O) groups is 1. The van der Waals surface area contributed by atoms with Gasteiger partial charge >= 0.3 is 0 Å². The molecule has 0 aromatic heterocycles. The number of carbonyl (C=O) groups excluding carboxylic acids is 1. The van der Waals surface area contributed by atoms with Crippen molar-refractivity contribution in [3.63, 3.8) is 0 Å². The van der Waals surface area contributed by atoms with Gasteiger partial charge in [0.2, 0.25) is 0 Å². The molecule has 0 bridgehead atoms. The van der Waals surface area contributed by atoms with Crippen LogP contribution < -0.4 is 0 Å². The third kappa shape index (κ3) is 6.17. The minimum absolute atomic E-state index is 0. The topological polar surface area (TPSA) is 17.1 Å². The zero-order valence-corrected chi connectivity index (χ0v) is 10.2. The maximum atomic E-state index is 11.2. The molecular formula is C13H13OPd-. The Kier molecular flexibility index (Phi) is 6.87. The van der Waals surface area contributed by atoms with E-state index in [1.165, 1.54) is 6.08 Å². The van der Waals surface area contributed by atoms with Crippen molar-refractivity contribution in [1.29, 1.82) is 0 Å². The summed E-state index contributed by atoms with van der Waals surface area (Å²) in [6.45, 7) is 5.52. The molecule has 82 valence electrons. The van der Waals surface area contributed by atoms with Crippen LogP contribution in [0, 0.1) is 6.08 Å². The second-order valence-electron chi connectivity index (χ2n) is 3.25. The fourth-order valence-electron chi connectivity index (χ4n) is 1.05. The van der Waals surface area contributed by atoms with Crippen molar-refractivity contribution >= 4 is 5.78 Å². The zero-order chi connectivity index (χ0) is 10.4. The Balaban J connectivity index is 0.00000196. The number of rotatable bonds is 4. The number of hydrogen-bond donors (Lipinski definition) is 0. The van der Waals surface area contributed by atoms with Gasteiger partial charge in [-0.05, 0) is 13.3 Å². The monoisotopic (exact) mass is 291 g/mol. The first-order valence-corrected chi connectivity index (χ1v) is 4.50. The Morgan fingerprint density at radius 3 is 2.53 bits per heavy atom. The fraction of sp³-hybridized carbons (Fsp3) is 0.154. The van der Waals surface area contributed by atoms with E-state index >= 15 is 0 Å². The molecule has 0 aliphatic rings. The van der Waals surface area contributed by atoms with Crippen molar-refractivity contribution in [2.45, 2.75) is 13.3 Å². The van der Waals surface area contributed by atoms with Crippen LogP contribution in [-0.4, -0.2) is 5.78 Å². The maximum Gasteiger partial charge on any atom is 0.0844 e. The van der Waals surface area contributed by atoms with Crippen LogP contribution in [0.1, 0.15) is 18.9 Å². The number of allylic oxidation sites excluding steroid dienone is 2. The van der Waals surface area contributed by atoms with Crippen molar-refractivity contribution in [3.05, 3.63) is 60.2 Å². The Labute approximate surface area is 105 Å².